The summed E-state index contributed by atoms with van der Waals surface area (Å²) >= 11 is 3.28. The molecule has 0 aromatic heterocycles. The van der Waals surface area contributed by atoms with Crippen LogP contribution in [-0.4, -0.2) is 17.2 Å². The first-order valence-corrected chi connectivity index (χ1v) is 9.39. The molecule has 0 unspecified atom stereocenters. The van der Waals surface area contributed by atoms with Gasteiger partial charge in [0.2, 0.25) is 0 Å². The van der Waals surface area contributed by atoms with E-state index in [4.69, 9.17) is 4.74 Å². The molecule has 3 aromatic carbocycles. The van der Waals surface area contributed by atoms with Crippen LogP contribution in [0.15, 0.2) is 70.2 Å². The SMILES string of the molecule is Cc1ccc(Oc2cccc(C(=O)N/N=C/c3cc(C)c(O)c(Br)c3)c2)cc1. The van der Waals surface area contributed by atoms with E-state index in [1.165, 1.54) is 6.21 Å². The van der Waals surface area contributed by atoms with Crippen molar-refractivity contribution in [3.8, 4) is 17.2 Å². The Kier molecular flexibility index (Phi) is 6.11. The van der Waals surface area contributed by atoms with Crippen LogP contribution in [0.2, 0.25) is 0 Å². The van der Waals surface area contributed by atoms with Crippen molar-refractivity contribution in [3.63, 3.8) is 0 Å². The number of aromatic hydroxyl groups is 1. The lowest BCUT2D eigenvalue weighted by molar-refractivity contribution is 0.0955. The number of nitrogens with one attached hydrogen (secondary N) is 1. The number of amides is 1. The van der Waals surface area contributed by atoms with Gasteiger partial charge in [-0.05, 0) is 83.4 Å². The fraction of sp³-hybridized carbons (Fsp3) is 0.0909. The van der Waals surface area contributed by atoms with Crippen LogP contribution in [-0.2, 0) is 0 Å². The van der Waals surface area contributed by atoms with E-state index in [1.54, 1.807) is 43.3 Å². The standard InChI is InChI=1S/C22H19BrN2O3/c1-14-6-8-18(9-7-14)28-19-5-3-4-17(12-19)22(27)25-24-13-16-10-15(2)21(26)20(23)11-16/h3-13,26H,1-2H3,(H,25,27)/b24-13+. The highest BCUT2D eigenvalue weighted by molar-refractivity contribution is 9.10. The molecule has 5 nitrogen and oxygen atoms in total. The molecule has 3 rings (SSSR count). The van der Waals surface area contributed by atoms with E-state index in [0.717, 1.165) is 11.1 Å². The fourth-order valence-corrected chi connectivity index (χ4v) is 3.09. The number of carbonyl (C=O) groups excluding carboxylic acids is 1. The number of phenolic OH excluding ortho intramolecular Hbond substituents is 1. The quantitative estimate of drug-likeness (QED) is 0.417. The van der Waals surface area contributed by atoms with E-state index < -0.39 is 0 Å². The number of hydrazone groups is 1. The summed E-state index contributed by atoms with van der Waals surface area (Å²) < 4.78 is 6.36. The van der Waals surface area contributed by atoms with Crippen molar-refractivity contribution in [3.05, 3.63) is 87.4 Å². The molecular weight excluding hydrogens is 420 g/mol. The Balaban J connectivity index is 1.66. The van der Waals surface area contributed by atoms with Gasteiger partial charge in [0.05, 0.1) is 10.7 Å². The van der Waals surface area contributed by atoms with Gasteiger partial charge in [0.15, 0.2) is 0 Å². The van der Waals surface area contributed by atoms with E-state index in [9.17, 15) is 9.90 Å². The number of carbonyl (C=O) groups is 1. The lowest BCUT2D eigenvalue weighted by Gasteiger charge is -2.07. The molecule has 0 spiro atoms. The molecular formula is C22H19BrN2O3. The molecule has 0 atom stereocenters. The maximum absolute atomic E-state index is 12.3. The Morgan fingerprint density at radius 2 is 1.82 bits per heavy atom. The monoisotopic (exact) mass is 438 g/mol. The zero-order chi connectivity index (χ0) is 20.1. The third kappa shape index (κ3) is 4.98. The predicted molar refractivity (Wildman–Crippen MR) is 113 cm³/mol. The van der Waals surface area contributed by atoms with Gasteiger partial charge in [-0.2, -0.15) is 5.10 Å². The van der Waals surface area contributed by atoms with Crippen molar-refractivity contribution in [2.24, 2.45) is 5.10 Å². The van der Waals surface area contributed by atoms with E-state index in [1.807, 2.05) is 31.2 Å². The van der Waals surface area contributed by atoms with Gasteiger partial charge >= 0.3 is 0 Å². The molecule has 0 aliphatic rings. The number of halogens is 1. The van der Waals surface area contributed by atoms with Crippen LogP contribution in [0.1, 0.15) is 27.0 Å². The van der Waals surface area contributed by atoms with Gasteiger partial charge in [-0.25, -0.2) is 5.43 Å². The molecule has 142 valence electrons. The lowest BCUT2D eigenvalue weighted by atomic mass is 10.1. The van der Waals surface area contributed by atoms with E-state index in [0.29, 0.717) is 27.1 Å². The summed E-state index contributed by atoms with van der Waals surface area (Å²) in [6.07, 6.45) is 1.52. The average molecular weight is 439 g/mol. The highest BCUT2D eigenvalue weighted by Gasteiger charge is 2.07. The zero-order valence-electron chi connectivity index (χ0n) is 15.4. The smallest absolute Gasteiger partial charge is 0.271 e. The Morgan fingerprint density at radius 1 is 1.07 bits per heavy atom. The second-order valence-electron chi connectivity index (χ2n) is 6.31. The summed E-state index contributed by atoms with van der Waals surface area (Å²) in [4.78, 5) is 12.3. The van der Waals surface area contributed by atoms with E-state index in [2.05, 4.69) is 26.5 Å². The minimum absolute atomic E-state index is 0.187. The molecule has 28 heavy (non-hydrogen) atoms. The van der Waals surface area contributed by atoms with Crippen LogP contribution >= 0.6 is 15.9 Å². The molecule has 0 fully saturated rings. The van der Waals surface area contributed by atoms with Crippen molar-refractivity contribution in [2.45, 2.75) is 13.8 Å². The van der Waals surface area contributed by atoms with Gasteiger partial charge in [0.1, 0.15) is 17.2 Å². The summed E-state index contributed by atoms with van der Waals surface area (Å²) in [5.41, 5.74) is 5.54. The van der Waals surface area contributed by atoms with Crippen molar-refractivity contribution >= 4 is 28.1 Å². The Morgan fingerprint density at radius 3 is 2.54 bits per heavy atom. The maximum Gasteiger partial charge on any atom is 0.271 e. The summed E-state index contributed by atoms with van der Waals surface area (Å²) in [5, 5.41) is 13.8. The molecule has 0 heterocycles. The third-order valence-electron chi connectivity index (χ3n) is 4.01. The number of rotatable bonds is 5. The summed E-state index contributed by atoms with van der Waals surface area (Å²) in [7, 11) is 0. The van der Waals surface area contributed by atoms with Crippen LogP contribution < -0.4 is 10.2 Å². The minimum Gasteiger partial charge on any atom is -0.506 e. The zero-order valence-corrected chi connectivity index (χ0v) is 17.0. The molecule has 1 amide bonds. The van der Waals surface area contributed by atoms with E-state index >= 15 is 0 Å². The summed E-state index contributed by atoms with van der Waals surface area (Å²) in [5.74, 6) is 1.11. The summed E-state index contributed by atoms with van der Waals surface area (Å²) in [6, 6.07) is 18.1. The fourth-order valence-electron chi connectivity index (χ4n) is 2.51. The lowest BCUT2D eigenvalue weighted by Crippen LogP contribution is -2.17. The molecule has 6 heteroatoms. The second kappa shape index (κ2) is 8.71. The van der Waals surface area contributed by atoms with Crippen LogP contribution in [0.4, 0.5) is 0 Å². The van der Waals surface area contributed by atoms with Crippen molar-refractivity contribution in [1.29, 1.82) is 0 Å². The van der Waals surface area contributed by atoms with Crippen LogP contribution in [0, 0.1) is 13.8 Å². The predicted octanol–water partition coefficient (Wildman–Crippen LogP) is 5.33. The van der Waals surface area contributed by atoms with Gasteiger partial charge < -0.3 is 9.84 Å². The average Bonchev–Trinajstić information content (AvgIpc) is 2.68. The molecule has 0 aliphatic heterocycles. The van der Waals surface area contributed by atoms with Crippen LogP contribution in [0.5, 0.6) is 17.2 Å². The first-order chi connectivity index (χ1) is 13.4. The highest BCUT2D eigenvalue weighted by atomic mass is 79.9. The molecule has 0 radical (unpaired) electrons. The molecule has 3 aromatic rings. The van der Waals surface area contributed by atoms with Gasteiger partial charge in [-0.15, -0.1) is 0 Å². The third-order valence-corrected chi connectivity index (χ3v) is 4.61. The number of hydrogen-bond donors (Lipinski definition) is 2. The van der Waals surface area contributed by atoms with Gasteiger partial charge in [-0.3, -0.25) is 4.79 Å². The van der Waals surface area contributed by atoms with Gasteiger partial charge in [0, 0.05) is 5.56 Å². The number of aryl methyl sites for hydroxylation is 2. The number of hydrogen-bond acceptors (Lipinski definition) is 4. The van der Waals surface area contributed by atoms with Crippen LogP contribution in [0.3, 0.4) is 0 Å². The van der Waals surface area contributed by atoms with E-state index in [-0.39, 0.29) is 11.7 Å². The molecule has 0 bridgehead atoms. The number of benzene rings is 3. The largest absolute Gasteiger partial charge is 0.506 e. The Labute approximate surface area is 171 Å². The van der Waals surface area contributed by atoms with Crippen LogP contribution in [0.25, 0.3) is 0 Å². The van der Waals surface area contributed by atoms with Crippen molar-refractivity contribution in [2.75, 3.05) is 0 Å². The first kappa shape index (κ1) is 19.6. The molecule has 0 saturated heterocycles. The Hall–Kier alpha value is -3.12. The normalized spacial score (nSPS) is 10.8. The minimum atomic E-state index is -0.347. The molecule has 2 N–H and O–H groups in total. The number of phenols is 1. The van der Waals surface area contributed by atoms with Gasteiger partial charge in [-0.1, -0.05) is 23.8 Å². The maximum atomic E-state index is 12.3. The number of ether oxygens (including phenoxy) is 1. The Bertz CT molecular complexity index is 1010. The molecule has 0 aliphatic carbocycles. The highest BCUT2D eigenvalue weighted by Crippen LogP contribution is 2.28. The van der Waals surface area contributed by atoms with Crippen molar-refractivity contribution in [1.82, 2.24) is 5.43 Å². The topological polar surface area (TPSA) is 70.9 Å². The second-order valence-corrected chi connectivity index (χ2v) is 7.16. The molecule has 0 saturated carbocycles. The van der Waals surface area contributed by atoms with Crippen molar-refractivity contribution < 1.29 is 14.6 Å². The first-order valence-electron chi connectivity index (χ1n) is 8.59. The summed E-state index contributed by atoms with van der Waals surface area (Å²) in [6.45, 7) is 3.79. The number of nitrogens with zero attached hydrogens (tertiary/aromatic N) is 1. The van der Waals surface area contributed by atoms with Gasteiger partial charge in [0.25, 0.3) is 5.91 Å².